The predicted octanol–water partition coefficient (Wildman–Crippen LogP) is 1.19. The Bertz CT molecular complexity index is 386. The van der Waals surface area contributed by atoms with Gasteiger partial charge in [0.25, 0.3) is 0 Å². The molecule has 0 aliphatic heterocycles. The van der Waals surface area contributed by atoms with Crippen molar-refractivity contribution in [2.75, 3.05) is 36.7 Å². The van der Waals surface area contributed by atoms with Gasteiger partial charge in [-0.1, -0.05) is 6.92 Å². The molecule has 1 heterocycles. The Labute approximate surface area is 102 Å². The van der Waals surface area contributed by atoms with Crippen LogP contribution in [0.5, 0.6) is 0 Å². The minimum absolute atomic E-state index is 0.507. The lowest BCUT2D eigenvalue weighted by molar-refractivity contribution is 0.308. The molecule has 0 amide bonds. The van der Waals surface area contributed by atoms with Gasteiger partial charge in [-0.2, -0.15) is 15.0 Å². The molecule has 2 N–H and O–H groups in total. The van der Waals surface area contributed by atoms with Crippen molar-refractivity contribution in [1.29, 1.82) is 0 Å². The minimum atomic E-state index is 0.507. The third-order valence-corrected chi connectivity index (χ3v) is 2.95. The number of rotatable bonds is 4. The summed E-state index contributed by atoms with van der Waals surface area (Å²) in [5.74, 6) is 2.73. The first kappa shape index (κ1) is 11.9. The fourth-order valence-electron chi connectivity index (χ4n) is 1.94. The van der Waals surface area contributed by atoms with Crippen LogP contribution in [0.25, 0.3) is 0 Å². The molecule has 0 aromatic carbocycles. The second kappa shape index (κ2) is 4.73. The highest BCUT2D eigenvalue weighted by Crippen LogP contribution is 2.28. The summed E-state index contributed by atoms with van der Waals surface area (Å²) in [6.45, 7) is 2.26. The number of nitrogens with one attached hydrogen (secondary N) is 2. The number of nitrogens with zero attached hydrogens (tertiary/aromatic N) is 4. The summed E-state index contributed by atoms with van der Waals surface area (Å²) in [5.41, 5.74) is 0. The molecule has 1 saturated carbocycles. The molecular formula is C11H20N6. The van der Waals surface area contributed by atoms with Crippen LogP contribution in [0.1, 0.15) is 19.8 Å². The van der Waals surface area contributed by atoms with Crippen molar-refractivity contribution in [3.05, 3.63) is 0 Å². The molecule has 6 nitrogen and oxygen atoms in total. The average molecular weight is 236 g/mol. The van der Waals surface area contributed by atoms with Crippen LogP contribution >= 0.6 is 0 Å². The number of anilines is 3. The Balaban J connectivity index is 2.12. The first-order valence-electron chi connectivity index (χ1n) is 5.96. The number of hydrogen-bond acceptors (Lipinski definition) is 6. The van der Waals surface area contributed by atoms with Crippen LogP contribution in [0.3, 0.4) is 0 Å². The molecule has 1 aliphatic rings. The van der Waals surface area contributed by atoms with Gasteiger partial charge in [0.05, 0.1) is 0 Å². The molecule has 1 aromatic rings. The maximum atomic E-state index is 4.38. The molecular weight excluding hydrogens is 216 g/mol. The Morgan fingerprint density at radius 1 is 1.12 bits per heavy atom. The van der Waals surface area contributed by atoms with Crippen LogP contribution in [0.4, 0.5) is 17.8 Å². The smallest absolute Gasteiger partial charge is 0.231 e. The van der Waals surface area contributed by atoms with Gasteiger partial charge in [0.15, 0.2) is 0 Å². The van der Waals surface area contributed by atoms with E-state index in [0.29, 0.717) is 23.9 Å². The lowest BCUT2D eigenvalue weighted by atomic mass is 9.82. The molecule has 17 heavy (non-hydrogen) atoms. The van der Waals surface area contributed by atoms with Gasteiger partial charge in [-0.15, -0.1) is 0 Å². The van der Waals surface area contributed by atoms with E-state index in [4.69, 9.17) is 0 Å². The summed E-state index contributed by atoms with van der Waals surface area (Å²) in [5, 5.41) is 6.30. The second-order valence-corrected chi connectivity index (χ2v) is 4.84. The molecule has 1 fully saturated rings. The molecule has 1 aliphatic carbocycles. The van der Waals surface area contributed by atoms with Crippen molar-refractivity contribution in [2.24, 2.45) is 5.92 Å². The quantitative estimate of drug-likeness (QED) is 0.818. The highest BCUT2D eigenvalue weighted by Gasteiger charge is 2.26. The van der Waals surface area contributed by atoms with E-state index in [9.17, 15) is 0 Å². The van der Waals surface area contributed by atoms with Gasteiger partial charge in [-0.05, 0) is 18.8 Å². The van der Waals surface area contributed by atoms with Gasteiger partial charge >= 0.3 is 0 Å². The van der Waals surface area contributed by atoms with E-state index in [1.165, 1.54) is 12.8 Å². The van der Waals surface area contributed by atoms with Crippen LogP contribution in [0.2, 0.25) is 0 Å². The number of aromatic nitrogens is 3. The Morgan fingerprint density at radius 2 is 1.76 bits per heavy atom. The third-order valence-electron chi connectivity index (χ3n) is 2.95. The maximum absolute atomic E-state index is 4.38. The predicted molar refractivity (Wildman–Crippen MR) is 69.5 cm³/mol. The van der Waals surface area contributed by atoms with Crippen molar-refractivity contribution in [3.63, 3.8) is 0 Å². The lowest BCUT2D eigenvalue weighted by Gasteiger charge is -2.33. The van der Waals surface area contributed by atoms with E-state index >= 15 is 0 Å². The second-order valence-electron chi connectivity index (χ2n) is 4.84. The highest BCUT2D eigenvalue weighted by molar-refractivity contribution is 5.43. The molecule has 0 unspecified atom stereocenters. The van der Waals surface area contributed by atoms with Crippen molar-refractivity contribution in [2.45, 2.75) is 25.8 Å². The zero-order chi connectivity index (χ0) is 12.4. The zero-order valence-corrected chi connectivity index (χ0v) is 10.9. The van der Waals surface area contributed by atoms with Gasteiger partial charge in [-0.3, -0.25) is 0 Å². The highest BCUT2D eigenvalue weighted by atomic mass is 15.3. The molecule has 0 radical (unpaired) electrons. The Kier molecular flexibility index (Phi) is 3.31. The summed E-state index contributed by atoms with van der Waals surface area (Å²) in [6, 6.07) is 0.507. The van der Waals surface area contributed by atoms with Gasteiger partial charge in [0, 0.05) is 27.2 Å². The minimum Gasteiger partial charge on any atom is -0.357 e. The van der Waals surface area contributed by atoms with Crippen LogP contribution in [0, 0.1) is 5.92 Å². The van der Waals surface area contributed by atoms with Crippen LogP contribution < -0.4 is 15.5 Å². The Morgan fingerprint density at radius 3 is 2.29 bits per heavy atom. The SMILES string of the molecule is CNc1nc(NC2CC(C)C2)nc(N(C)C)n1. The van der Waals surface area contributed by atoms with Crippen molar-refractivity contribution in [3.8, 4) is 0 Å². The first-order valence-corrected chi connectivity index (χ1v) is 5.96. The normalized spacial score (nSPS) is 22.8. The van der Waals surface area contributed by atoms with Gasteiger partial charge in [-0.25, -0.2) is 0 Å². The topological polar surface area (TPSA) is 66.0 Å². The van der Waals surface area contributed by atoms with E-state index in [-0.39, 0.29) is 0 Å². The molecule has 2 rings (SSSR count). The molecule has 0 bridgehead atoms. The molecule has 0 atom stereocenters. The maximum Gasteiger partial charge on any atom is 0.231 e. The van der Waals surface area contributed by atoms with Crippen LogP contribution in [-0.2, 0) is 0 Å². The fourth-order valence-corrected chi connectivity index (χ4v) is 1.94. The first-order chi connectivity index (χ1) is 8.08. The standard InChI is InChI=1S/C11H20N6/c1-7-5-8(6-7)13-10-14-9(12-2)15-11(16-10)17(3)4/h7-8H,5-6H2,1-4H3,(H2,12,13,14,15,16). The van der Waals surface area contributed by atoms with Crippen molar-refractivity contribution in [1.82, 2.24) is 15.0 Å². The summed E-state index contributed by atoms with van der Waals surface area (Å²) in [7, 11) is 5.65. The van der Waals surface area contributed by atoms with Crippen molar-refractivity contribution < 1.29 is 0 Å². The molecule has 6 heteroatoms. The summed E-state index contributed by atoms with van der Waals surface area (Å²) >= 11 is 0. The fraction of sp³-hybridized carbons (Fsp3) is 0.727. The zero-order valence-electron chi connectivity index (χ0n) is 10.9. The monoisotopic (exact) mass is 236 g/mol. The van der Waals surface area contributed by atoms with E-state index in [1.54, 1.807) is 0 Å². The van der Waals surface area contributed by atoms with E-state index in [1.807, 2.05) is 26.0 Å². The summed E-state index contributed by atoms with van der Waals surface area (Å²) in [4.78, 5) is 14.8. The molecule has 1 aromatic heterocycles. The number of hydrogen-bond donors (Lipinski definition) is 2. The van der Waals surface area contributed by atoms with Crippen LogP contribution in [-0.4, -0.2) is 42.1 Å². The van der Waals surface area contributed by atoms with Gasteiger partial charge in [0.1, 0.15) is 0 Å². The van der Waals surface area contributed by atoms with E-state index < -0.39 is 0 Å². The summed E-state index contributed by atoms with van der Waals surface area (Å²) < 4.78 is 0. The molecule has 94 valence electrons. The Hall–Kier alpha value is -1.59. The lowest BCUT2D eigenvalue weighted by Crippen LogP contribution is -2.34. The summed E-state index contributed by atoms with van der Waals surface area (Å²) in [6.07, 6.45) is 2.38. The van der Waals surface area contributed by atoms with Gasteiger partial charge < -0.3 is 15.5 Å². The molecule has 0 spiro atoms. The van der Waals surface area contributed by atoms with Crippen LogP contribution in [0.15, 0.2) is 0 Å². The van der Waals surface area contributed by atoms with E-state index in [2.05, 4.69) is 32.5 Å². The third kappa shape index (κ3) is 2.75. The van der Waals surface area contributed by atoms with Crippen molar-refractivity contribution >= 4 is 17.8 Å². The largest absolute Gasteiger partial charge is 0.357 e. The molecule has 0 saturated heterocycles. The average Bonchev–Trinajstić information content (AvgIpc) is 2.26. The van der Waals surface area contributed by atoms with E-state index in [0.717, 1.165) is 5.92 Å². The van der Waals surface area contributed by atoms with Gasteiger partial charge in [0.2, 0.25) is 17.8 Å².